The fourth-order valence-corrected chi connectivity index (χ4v) is 1.02. The Hall–Kier alpha value is -0.0400. The number of hydrogen-bond donors (Lipinski definition) is 1. The van der Waals surface area contributed by atoms with Gasteiger partial charge in [-0.1, -0.05) is 0 Å². The van der Waals surface area contributed by atoms with Crippen molar-refractivity contribution in [3.63, 3.8) is 0 Å². The van der Waals surface area contributed by atoms with Gasteiger partial charge >= 0.3 is 6.18 Å². The first-order valence-electron chi connectivity index (χ1n) is 5.05. The second kappa shape index (κ2) is 10.1. The maximum Gasteiger partial charge on any atom is 0.411 e. The first-order valence-corrected chi connectivity index (χ1v) is 5.58. The molecule has 0 amide bonds. The van der Waals surface area contributed by atoms with Crippen LogP contribution in [-0.4, -0.2) is 51.6 Å². The Kier molecular flexibility index (Phi) is 10.1. The number of alkyl halides is 4. The lowest BCUT2D eigenvalue weighted by atomic mass is 10.4. The lowest BCUT2D eigenvalue weighted by molar-refractivity contribution is -0.173. The van der Waals surface area contributed by atoms with Crippen LogP contribution in [0.15, 0.2) is 0 Å². The molecule has 0 aliphatic carbocycles. The third kappa shape index (κ3) is 14.0. The fourth-order valence-electron chi connectivity index (χ4n) is 0.913. The van der Waals surface area contributed by atoms with E-state index < -0.39 is 12.8 Å². The largest absolute Gasteiger partial charge is 0.411 e. The van der Waals surface area contributed by atoms with E-state index in [4.69, 9.17) is 16.3 Å². The van der Waals surface area contributed by atoms with Gasteiger partial charge in [0.15, 0.2) is 0 Å². The molecule has 0 rings (SSSR count). The minimum Gasteiger partial charge on any atom is -0.379 e. The molecule has 0 aromatic rings. The first kappa shape index (κ1) is 16.0. The number of ether oxygens (including phenoxy) is 2. The summed E-state index contributed by atoms with van der Waals surface area (Å²) in [5.74, 6) is 0.464. The molecule has 0 aromatic carbocycles. The van der Waals surface area contributed by atoms with Gasteiger partial charge in [-0.15, -0.1) is 11.6 Å². The highest BCUT2D eigenvalue weighted by molar-refractivity contribution is 6.17. The second-order valence-electron chi connectivity index (χ2n) is 3.07. The molecule has 98 valence electrons. The molecule has 0 unspecified atom stereocenters. The van der Waals surface area contributed by atoms with E-state index in [9.17, 15) is 13.2 Å². The van der Waals surface area contributed by atoms with Crippen LogP contribution in [-0.2, 0) is 9.47 Å². The summed E-state index contributed by atoms with van der Waals surface area (Å²) in [5.41, 5.74) is 0. The van der Waals surface area contributed by atoms with Crippen molar-refractivity contribution in [3.8, 4) is 0 Å². The van der Waals surface area contributed by atoms with Crippen LogP contribution in [0.1, 0.15) is 6.42 Å². The Bertz CT molecular complexity index is 158. The van der Waals surface area contributed by atoms with E-state index in [1.807, 2.05) is 0 Å². The summed E-state index contributed by atoms with van der Waals surface area (Å²) >= 11 is 5.38. The standard InChI is InChI=1S/C9H17ClF3NO2/c10-2-6-15-7-4-14-3-1-5-16-8-9(11,12)13/h14H,1-8H2. The Morgan fingerprint density at radius 1 is 1.00 bits per heavy atom. The van der Waals surface area contributed by atoms with Crippen LogP contribution in [0.5, 0.6) is 0 Å². The molecule has 0 atom stereocenters. The van der Waals surface area contributed by atoms with Gasteiger partial charge in [0.25, 0.3) is 0 Å². The Morgan fingerprint density at radius 3 is 2.38 bits per heavy atom. The maximum absolute atomic E-state index is 11.6. The van der Waals surface area contributed by atoms with Crippen LogP contribution in [0.3, 0.4) is 0 Å². The molecular weight excluding hydrogens is 247 g/mol. The zero-order chi connectivity index (χ0) is 12.3. The molecule has 16 heavy (non-hydrogen) atoms. The summed E-state index contributed by atoms with van der Waals surface area (Å²) in [6.07, 6.45) is -3.69. The zero-order valence-electron chi connectivity index (χ0n) is 8.99. The highest BCUT2D eigenvalue weighted by Gasteiger charge is 2.26. The monoisotopic (exact) mass is 263 g/mol. The van der Waals surface area contributed by atoms with Gasteiger partial charge in [-0.3, -0.25) is 0 Å². The van der Waals surface area contributed by atoms with Gasteiger partial charge in [0.05, 0.1) is 13.2 Å². The summed E-state index contributed by atoms with van der Waals surface area (Å²) in [6, 6.07) is 0. The Balaban J connectivity index is 2.99. The highest BCUT2D eigenvalue weighted by Crippen LogP contribution is 2.14. The van der Waals surface area contributed by atoms with Crippen molar-refractivity contribution in [2.24, 2.45) is 0 Å². The molecule has 0 fully saturated rings. The minimum atomic E-state index is -4.23. The SMILES string of the molecule is FC(F)(F)COCCCNCCOCCCl. The third-order valence-electron chi connectivity index (χ3n) is 1.55. The summed E-state index contributed by atoms with van der Waals surface area (Å²) < 4.78 is 44.4. The molecule has 0 spiro atoms. The molecule has 1 N–H and O–H groups in total. The number of rotatable bonds is 10. The maximum atomic E-state index is 11.6. The quantitative estimate of drug-likeness (QED) is 0.482. The van der Waals surface area contributed by atoms with Crippen molar-refractivity contribution in [3.05, 3.63) is 0 Å². The van der Waals surface area contributed by atoms with Crippen molar-refractivity contribution in [1.29, 1.82) is 0 Å². The van der Waals surface area contributed by atoms with Crippen LogP contribution < -0.4 is 5.32 Å². The van der Waals surface area contributed by atoms with Crippen LogP contribution in [0.25, 0.3) is 0 Å². The van der Waals surface area contributed by atoms with Crippen molar-refractivity contribution in [2.75, 3.05) is 45.4 Å². The van der Waals surface area contributed by atoms with Crippen LogP contribution in [0.2, 0.25) is 0 Å². The van der Waals surface area contributed by atoms with Gasteiger partial charge in [0.1, 0.15) is 6.61 Å². The molecule has 0 aliphatic heterocycles. The molecule has 0 bridgehead atoms. The number of halogens is 4. The number of hydrogen-bond acceptors (Lipinski definition) is 3. The average molecular weight is 264 g/mol. The summed E-state index contributed by atoms with van der Waals surface area (Å²) in [7, 11) is 0. The summed E-state index contributed by atoms with van der Waals surface area (Å²) in [5, 5.41) is 3.01. The van der Waals surface area contributed by atoms with Crippen LogP contribution in [0.4, 0.5) is 13.2 Å². The van der Waals surface area contributed by atoms with Crippen LogP contribution >= 0.6 is 11.6 Å². The molecule has 0 saturated carbocycles. The summed E-state index contributed by atoms with van der Waals surface area (Å²) in [4.78, 5) is 0. The van der Waals surface area contributed by atoms with Gasteiger partial charge in [-0.05, 0) is 13.0 Å². The summed E-state index contributed by atoms with van der Waals surface area (Å²) in [6.45, 7) is 1.27. The fraction of sp³-hybridized carbons (Fsp3) is 1.00. The van der Waals surface area contributed by atoms with E-state index in [0.29, 0.717) is 38.6 Å². The Labute approximate surface area is 98.2 Å². The van der Waals surface area contributed by atoms with Crippen molar-refractivity contribution < 1.29 is 22.6 Å². The van der Waals surface area contributed by atoms with Gasteiger partial charge in [0.2, 0.25) is 0 Å². The van der Waals surface area contributed by atoms with E-state index in [1.54, 1.807) is 0 Å². The van der Waals surface area contributed by atoms with E-state index in [1.165, 1.54) is 0 Å². The Morgan fingerprint density at radius 2 is 1.75 bits per heavy atom. The molecule has 0 radical (unpaired) electrons. The molecule has 0 aromatic heterocycles. The van der Waals surface area contributed by atoms with Crippen molar-refractivity contribution >= 4 is 11.6 Å². The lowest BCUT2D eigenvalue weighted by Crippen LogP contribution is -2.23. The van der Waals surface area contributed by atoms with Gasteiger partial charge in [-0.25, -0.2) is 0 Å². The van der Waals surface area contributed by atoms with Gasteiger partial charge in [-0.2, -0.15) is 13.2 Å². The first-order chi connectivity index (χ1) is 7.56. The predicted octanol–water partition coefficient (Wildman–Crippen LogP) is 1.80. The van der Waals surface area contributed by atoms with Gasteiger partial charge in [0, 0.05) is 19.0 Å². The molecule has 3 nitrogen and oxygen atoms in total. The molecule has 7 heteroatoms. The molecule has 0 aliphatic rings. The normalized spacial score (nSPS) is 12.0. The van der Waals surface area contributed by atoms with E-state index >= 15 is 0 Å². The molecule has 0 saturated heterocycles. The van der Waals surface area contributed by atoms with E-state index in [2.05, 4.69) is 10.1 Å². The smallest absolute Gasteiger partial charge is 0.379 e. The van der Waals surface area contributed by atoms with Crippen molar-refractivity contribution in [1.82, 2.24) is 5.32 Å². The predicted molar refractivity (Wildman–Crippen MR) is 55.9 cm³/mol. The van der Waals surface area contributed by atoms with E-state index in [-0.39, 0.29) is 6.61 Å². The van der Waals surface area contributed by atoms with E-state index in [0.717, 1.165) is 0 Å². The van der Waals surface area contributed by atoms with Crippen molar-refractivity contribution in [2.45, 2.75) is 12.6 Å². The second-order valence-corrected chi connectivity index (χ2v) is 3.45. The minimum absolute atomic E-state index is 0.106. The third-order valence-corrected chi connectivity index (χ3v) is 1.71. The molecular formula is C9H17ClF3NO2. The highest BCUT2D eigenvalue weighted by atomic mass is 35.5. The topological polar surface area (TPSA) is 30.5 Å². The molecule has 0 heterocycles. The zero-order valence-corrected chi connectivity index (χ0v) is 9.74. The van der Waals surface area contributed by atoms with Crippen LogP contribution in [0, 0.1) is 0 Å². The number of nitrogens with one attached hydrogen (secondary N) is 1. The average Bonchev–Trinajstić information content (AvgIpc) is 2.19. The van der Waals surface area contributed by atoms with Gasteiger partial charge < -0.3 is 14.8 Å². The lowest BCUT2D eigenvalue weighted by Gasteiger charge is -2.08.